The number of primary amides is 1. The zero-order valence-corrected chi connectivity index (χ0v) is 9.43. The summed E-state index contributed by atoms with van der Waals surface area (Å²) in [5.41, 5.74) is 5.71. The molecule has 0 bridgehead atoms. The van der Waals surface area contributed by atoms with E-state index in [4.69, 9.17) is 10.5 Å². The van der Waals surface area contributed by atoms with Gasteiger partial charge in [0.05, 0.1) is 6.61 Å². The maximum absolute atomic E-state index is 11.3. The van der Waals surface area contributed by atoms with E-state index >= 15 is 0 Å². The summed E-state index contributed by atoms with van der Waals surface area (Å²) in [6.07, 6.45) is -0.209. The van der Waals surface area contributed by atoms with Crippen LogP contribution in [-0.4, -0.2) is 18.7 Å². The van der Waals surface area contributed by atoms with E-state index in [0.717, 1.165) is 5.56 Å². The number of hydrogen-bond donors (Lipinski definition) is 1. The van der Waals surface area contributed by atoms with Gasteiger partial charge in [0.2, 0.25) is 0 Å². The molecular formula is C12H15NO4. The average Bonchev–Trinajstić information content (AvgIpc) is 2.33. The minimum Gasteiger partial charge on any atom is -0.461 e. The van der Waals surface area contributed by atoms with Crippen molar-refractivity contribution in [1.82, 2.24) is 0 Å². The van der Waals surface area contributed by atoms with Gasteiger partial charge in [-0.3, -0.25) is 4.79 Å². The number of ether oxygens (including phenoxy) is 2. The number of carbonyl (C=O) groups is 2. The van der Waals surface area contributed by atoms with E-state index in [0.29, 0.717) is 6.42 Å². The Balaban J connectivity index is 2.11. The summed E-state index contributed by atoms with van der Waals surface area (Å²) in [5.74, 6) is -0.318. The lowest BCUT2D eigenvalue weighted by Gasteiger charge is -2.04. The van der Waals surface area contributed by atoms with E-state index in [1.165, 1.54) is 0 Å². The van der Waals surface area contributed by atoms with Crippen LogP contribution < -0.4 is 5.73 Å². The molecule has 5 nitrogen and oxygen atoms in total. The quantitative estimate of drug-likeness (QED) is 0.602. The summed E-state index contributed by atoms with van der Waals surface area (Å²) in [6.45, 7) is 0.395. The van der Waals surface area contributed by atoms with Gasteiger partial charge in [0, 0.05) is 6.42 Å². The van der Waals surface area contributed by atoms with Crippen molar-refractivity contribution in [2.45, 2.75) is 19.4 Å². The summed E-state index contributed by atoms with van der Waals surface area (Å²) in [5, 5.41) is 0. The van der Waals surface area contributed by atoms with Crippen LogP contribution in [0, 0.1) is 0 Å². The molecule has 0 aliphatic carbocycles. The molecule has 5 heteroatoms. The lowest BCUT2D eigenvalue weighted by atomic mass is 10.2. The highest BCUT2D eigenvalue weighted by molar-refractivity contribution is 5.69. The molecule has 0 unspecified atom stereocenters. The first-order valence-electron chi connectivity index (χ1n) is 5.30. The molecule has 0 spiro atoms. The van der Waals surface area contributed by atoms with Crippen LogP contribution >= 0.6 is 0 Å². The fourth-order valence-corrected chi connectivity index (χ4v) is 1.20. The van der Waals surface area contributed by atoms with E-state index in [-0.39, 0.29) is 25.6 Å². The normalized spacial score (nSPS) is 9.65. The first-order valence-corrected chi connectivity index (χ1v) is 5.30. The molecule has 0 aliphatic rings. The molecule has 1 amide bonds. The number of hydrogen-bond acceptors (Lipinski definition) is 4. The van der Waals surface area contributed by atoms with Crippen LogP contribution in [0.1, 0.15) is 18.4 Å². The number of rotatable bonds is 6. The van der Waals surface area contributed by atoms with Gasteiger partial charge in [0.1, 0.15) is 6.61 Å². The van der Waals surface area contributed by atoms with E-state index in [2.05, 4.69) is 4.74 Å². The minimum atomic E-state index is -0.831. The smallest absolute Gasteiger partial charge is 0.404 e. The van der Waals surface area contributed by atoms with E-state index < -0.39 is 6.09 Å². The van der Waals surface area contributed by atoms with E-state index in [1.807, 2.05) is 30.3 Å². The maximum atomic E-state index is 11.3. The van der Waals surface area contributed by atoms with Gasteiger partial charge in [-0.2, -0.15) is 0 Å². The average molecular weight is 237 g/mol. The van der Waals surface area contributed by atoms with Crippen molar-refractivity contribution in [2.75, 3.05) is 6.61 Å². The molecule has 0 radical (unpaired) electrons. The Morgan fingerprint density at radius 3 is 2.47 bits per heavy atom. The van der Waals surface area contributed by atoms with Gasteiger partial charge in [-0.1, -0.05) is 30.3 Å². The molecule has 1 aromatic rings. The first kappa shape index (κ1) is 13.0. The zero-order valence-electron chi connectivity index (χ0n) is 9.43. The van der Waals surface area contributed by atoms with Crippen LogP contribution in [0.4, 0.5) is 4.79 Å². The molecule has 1 aromatic carbocycles. The van der Waals surface area contributed by atoms with Crippen LogP contribution in [0.2, 0.25) is 0 Å². The Morgan fingerprint density at radius 2 is 1.82 bits per heavy atom. The first-order chi connectivity index (χ1) is 8.18. The van der Waals surface area contributed by atoms with Crippen LogP contribution in [-0.2, 0) is 20.9 Å². The third-order valence-electron chi connectivity index (χ3n) is 2.01. The topological polar surface area (TPSA) is 78.6 Å². The van der Waals surface area contributed by atoms with Crippen molar-refractivity contribution in [3.05, 3.63) is 35.9 Å². The lowest BCUT2D eigenvalue weighted by Crippen LogP contribution is -2.14. The van der Waals surface area contributed by atoms with Crippen LogP contribution in [0.15, 0.2) is 30.3 Å². The van der Waals surface area contributed by atoms with Crippen LogP contribution in [0.3, 0.4) is 0 Å². The molecular weight excluding hydrogens is 222 g/mol. The molecule has 0 fully saturated rings. The van der Waals surface area contributed by atoms with Gasteiger partial charge in [0.15, 0.2) is 0 Å². The largest absolute Gasteiger partial charge is 0.461 e. The Morgan fingerprint density at radius 1 is 1.12 bits per heavy atom. The van der Waals surface area contributed by atoms with Gasteiger partial charge >= 0.3 is 12.1 Å². The monoisotopic (exact) mass is 237 g/mol. The van der Waals surface area contributed by atoms with Crippen molar-refractivity contribution >= 4 is 12.1 Å². The highest BCUT2D eigenvalue weighted by Gasteiger charge is 2.03. The Hall–Kier alpha value is -2.04. The maximum Gasteiger partial charge on any atom is 0.404 e. The standard InChI is InChI=1S/C12H15NO4/c13-12(15)16-8-4-7-11(14)17-9-10-5-2-1-3-6-10/h1-3,5-6H,4,7-9H2,(H2,13,15). The molecule has 0 atom stereocenters. The molecule has 17 heavy (non-hydrogen) atoms. The Kier molecular flexibility index (Phi) is 5.57. The van der Waals surface area contributed by atoms with Gasteiger partial charge in [0.25, 0.3) is 0 Å². The number of carbonyl (C=O) groups excluding carboxylic acids is 2. The fourth-order valence-electron chi connectivity index (χ4n) is 1.20. The molecule has 0 aliphatic heterocycles. The third-order valence-corrected chi connectivity index (χ3v) is 2.01. The second-order valence-corrected chi connectivity index (χ2v) is 3.42. The minimum absolute atomic E-state index is 0.135. The molecule has 0 heterocycles. The van der Waals surface area contributed by atoms with Crippen molar-refractivity contribution in [1.29, 1.82) is 0 Å². The predicted molar refractivity (Wildman–Crippen MR) is 61.0 cm³/mol. The van der Waals surface area contributed by atoms with Crippen molar-refractivity contribution in [2.24, 2.45) is 5.73 Å². The second-order valence-electron chi connectivity index (χ2n) is 3.42. The highest BCUT2D eigenvalue weighted by Crippen LogP contribution is 2.02. The molecule has 0 saturated heterocycles. The van der Waals surface area contributed by atoms with Crippen LogP contribution in [0.5, 0.6) is 0 Å². The van der Waals surface area contributed by atoms with Gasteiger partial charge in [-0.05, 0) is 12.0 Å². The molecule has 2 N–H and O–H groups in total. The SMILES string of the molecule is NC(=O)OCCCC(=O)OCc1ccccc1. The summed E-state index contributed by atoms with van der Waals surface area (Å²) < 4.78 is 9.51. The number of esters is 1. The van der Waals surface area contributed by atoms with Crippen molar-refractivity contribution in [3.63, 3.8) is 0 Å². The summed E-state index contributed by atoms with van der Waals surface area (Å²) in [7, 11) is 0. The van der Waals surface area contributed by atoms with Crippen molar-refractivity contribution in [3.8, 4) is 0 Å². The summed E-state index contributed by atoms with van der Waals surface area (Å²) in [4.78, 5) is 21.5. The van der Waals surface area contributed by atoms with Gasteiger partial charge < -0.3 is 15.2 Å². The highest BCUT2D eigenvalue weighted by atomic mass is 16.5. The number of nitrogens with two attached hydrogens (primary N) is 1. The lowest BCUT2D eigenvalue weighted by molar-refractivity contribution is -0.145. The van der Waals surface area contributed by atoms with Gasteiger partial charge in [-0.25, -0.2) is 4.79 Å². The van der Waals surface area contributed by atoms with Crippen molar-refractivity contribution < 1.29 is 19.1 Å². The van der Waals surface area contributed by atoms with Crippen LogP contribution in [0.25, 0.3) is 0 Å². The number of amides is 1. The molecule has 92 valence electrons. The molecule has 1 rings (SSSR count). The fraction of sp³-hybridized carbons (Fsp3) is 0.333. The Bertz CT molecular complexity index is 364. The second kappa shape index (κ2) is 7.27. The number of benzene rings is 1. The van der Waals surface area contributed by atoms with E-state index in [1.54, 1.807) is 0 Å². The molecule has 0 saturated carbocycles. The van der Waals surface area contributed by atoms with E-state index in [9.17, 15) is 9.59 Å². The summed E-state index contributed by atoms with van der Waals surface area (Å²) in [6, 6.07) is 9.41. The van der Waals surface area contributed by atoms with Gasteiger partial charge in [-0.15, -0.1) is 0 Å². The third kappa shape index (κ3) is 6.19. The summed E-state index contributed by atoms with van der Waals surface area (Å²) >= 11 is 0. The Labute approximate surface area is 99.5 Å². The molecule has 0 aromatic heterocycles. The predicted octanol–water partition coefficient (Wildman–Crippen LogP) is 1.61. The zero-order chi connectivity index (χ0) is 12.5.